The number of ether oxygens (including phenoxy) is 3. The molecule has 0 amide bonds. The predicted octanol–water partition coefficient (Wildman–Crippen LogP) is 5.58. The largest absolute Gasteiger partial charge is 0.465 e. The van der Waals surface area contributed by atoms with E-state index in [1.54, 1.807) is 42.5 Å². The second kappa shape index (κ2) is 9.45. The van der Waals surface area contributed by atoms with Crippen molar-refractivity contribution in [2.45, 2.75) is 26.7 Å². The molecule has 3 aromatic carbocycles. The van der Waals surface area contributed by atoms with Crippen LogP contribution >= 0.6 is 0 Å². The van der Waals surface area contributed by atoms with Gasteiger partial charge in [0.15, 0.2) is 0 Å². The van der Waals surface area contributed by atoms with Crippen molar-refractivity contribution in [1.82, 2.24) is 0 Å². The number of nitrogens with two attached hydrogens (primary N) is 1. The highest BCUT2D eigenvalue weighted by Gasteiger charge is 2.31. The first-order valence-electron chi connectivity index (χ1n) is 11.8. The normalized spacial score (nSPS) is 14.4. The molecule has 4 aromatic rings. The predicted molar refractivity (Wildman–Crippen MR) is 139 cm³/mol. The number of allylic oxidation sites excluding steroid dienone is 1. The lowest BCUT2D eigenvalue weighted by Gasteiger charge is -2.26. The lowest BCUT2D eigenvalue weighted by molar-refractivity contribution is 0.0600. The maximum absolute atomic E-state index is 13.1. The number of benzene rings is 3. The summed E-state index contributed by atoms with van der Waals surface area (Å²) in [7, 11) is 1.31. The molecule has 2 N–H and O–H groups in total. The Morgan fingerprint density at radius 2 is 1.71 bits per heavy atom. The van der Waals surface area contributed by atoms with E-state index in [4.69, 9.17) is 24.4 Å². The highest BCUT2D eigenvalue weighted by atomic mass is 16.5. The zero-order valence-corrected chi connectivity index (χ0v) is 21.2. The number of carbonyl (C=O) groups is 2. The summed E-state index contributed by atoms with van der Waals surface area (Å²) in [6.07, 6.45) is 0. The number of carbonyl (C=O) groups excluding carboxylic acids is 2. The van der Waals surface area contributed by atoms with E-state index in [-0.39, 0.29) is 23.0 Å². The van der Waals surface area contributed by atoms with Gasteiger partial charge >= 0.3 is 11.9 Å². The monoisotopic (exact) mass is 508 g/mol. The minimum absolute atomic E-state index is 0.0514. The molecular formula is C30H24N2O6. The van der Waals surface area contributed by atoms with Gasteiger partial charge in [0, 0.05) is 22.6 Å². The summed E-state index contributed by atoms with van der Waals surface area (Å²) >= 11 is 0. The van der Waals surface area contributed by atoms with Crippen LogP contribution in [0.3, 0.4) is 0 Å². The highest BCUT2D eigenvalue weighted by molar-refractivity contribution is 5.98. The zero-order chi connectivity index (χ0) is 27.1. The van der Waals surface area contributed by atoms with Crippen molar-refractivity contribution >= 4 is 22.9 Å². The van der Waals surface area contributed by atoms with E-state index in [0.29, 0.717) is 28.0 Å². The Hall–Kier alpha value is -5.03. The Kier molecular flexibility index (Phi) is 6.13. The van der Waals surface area contributed by atoms with Crippen LogP contribution in [-0.2, 0) is 4.74 Å². The van der Waals surface area contributed by atoms with E-state index < -0.39 is 17.9 Å². The van der Waals surface area contributed by atoms with Crippen LogP contribution in [0.5, 0.6) is 11.5 Å². The summed E-state index contributed by atoms with van der Waals surface area (Å²) in [4.78, 5) is 24.9. The number of esters is 2. The van der Waals surface area contributed by atoms with Crippen LogP contribution in [0.25, 0.3) is 11.0 Å². The van der Waals surface area contributed by atoms with Crippen LogP contribution in [0, 0.1) is 32.1 Å². The quantitative estimate of drug-likeness (QED) is 0.280. The SMILES string of the molecule is COC(=O)c1ccc(C2C(C#N)=C(N)Oc3cc(OC(=O)c4oc5c(C)c(C)ccc5c4C)ccc32)cc1. The number of nitriles is 1. The summed E-state index contributed by atoms with van der Waals surface area (Å²) in [6.45, 7) is 5.75. The van der Waals surface area contributed by atoms with Gasteiger partial charge in [-0.1, -0.05) is 30.3 Å². The number of furan rings is 1. The van der Waals surface area contributed by atoms with Gasteiger partial charge in [0.05, 0.1) is 18.6 Å². The molecule has 2 heterocycles. The third-order valence-electron chi connectivity index (χ3n) is 6.88. The standard InChI is InChI=1S/C30H24N2O6/c1-15-5-11-21-17(3)27(38-26(21)16(15)2)30(34)36-20-10-12-22-24(13-20)37-28(32)23(14-31)25(22)18-6-8-19(9-7-18)29(33)35-4/h5-13,25H,32H2,1-4H3. The van der Waals surface area contributed by atoms with Crippen LogP contribution in [0.1, 0.15) is 54.6 Å². The van der Waals surface area contributed by atoms with E-state index in [1.807, 2.05) is 32.9 Å². The van der Waals surface area contributed by atoms with Gasteiger partial charge in [0.25, 0.3) is 0 Å². The number of rotatable bonds is 4. The third kappa shape index (κ3) is 4.04. The van der Waals surface area contributed by atoms with Gasteiger partial charge in [-0.15, -0.1) is 0 Å². The van der Waals surface area contributed by atoms with Crippen LogP contribution in [-0.4, -0.2) is 19.0 Å². The van der Waals surface area contributed by atoms with Crippen molar-refractivity contribution in [2.24, 2.45) is 5.73 Å². The Morgan fingerprint density at radius 1 is 0.974 bits per heavy atom. The summed E-state index contributed by atoms with van der Waals surface area (Å²) in [5.74, 6) is -0.981. The van der Waals surface area contributed by atoms with Gasteiger partial charge in [-0.05, 0) is 55.7 Å². The van der Waals surface area contributed by atoms with Crippen molar-refractivity contribution in [3.8, 4) is 17.6 Å². The topological polar surface area (TPSA) is 125 Å². The van der Waals surface area contributed by atoms with Gasteiger partial charge < -0.3 is 24.4 Å². The van der Waals surface area contributed by atoms with Gasteiger partial charge in [-0.25, -0.2) is 9.59 Å². The number of nitrogens with zero attached hydrogens (tertiary/aromatic N) is 1. The molecule has 0 radical (unpaired) electrons. The molecule has 0 spiro atoms. The molecule has 8 nitrogen and oxygen atoms in total. The second-order valence-electron chi connectivity index (χ2n) is 9.07. The van der Waals surface area contributed by atoms with Crippen molar-refractivity contribution in [2.75, 3.05) is 7.11 Å². The average molecular weight is 509 g/mol. The smallest absolute Gasteiger partial charge is 0.379 e. The van der Waals surface area contributed by atoms with E-state index in [9.17, 15) is 14.9 Å². The molecule has 5 rings (SSSR count). The number of hydrogen-bond acceptors (Lipinski definition) is 8. The van der Waals surface area contributed by atoms with Crippen molar-refractivity contribution < 1.29 is 28.2 Å². The first kappa shape index (κ1) is 24.7. The first-order chi connectivity index (χ1) is 18.2. The van der Waals surface area contributed by atoms with E-state index in [0.717, 1.165) is 22.1 Å². The van der Waals surface area contributed by atoms with Gasteiger partial charge in [0.1, 0.15) is 28.7 Å². The van der Waals surface area contributed by atoms with Crippen LogP contribution in [0.2, 0.25) is 0 Å². The van der Waals surface area contributed by atoms with Crippen LogP contribution in [0.4, 0.5) is 0 Å². The fourth-order valence-electron chi connectivity index (χ4n) is 4.64. The summed E-state index contributed by atoms with van der Waals surface area (Å²) in [5, 5.41) is 10.7. The maximum Gasteiger partial charge on any atom is 0.379 e. The molecule has 0 bridgehead atoms. The fourth-order valence-corrected chi connectivity index (χ4v) is 4.64. The van der Waals surface area contributed by atoms with E-state index >= 15 is 0 Å². The molecule has 0 saturated heterocycles. The van der Waals surface area contributed by atoms with E-state index in [1.165, 1.54) is 7.11 Å². The minimum Gasteiger partial charge on any atom is -0.465 e. The van der Waals surface area contributed by atoms with Crippen molar-refractivity contribution in [3.63, 3.8) is 0 Å². The minimum atomic E-state index is -0.636. The highest BCUT2D eigenvalue weighted by Crippen LogP contribution is 2.43. The molecule has 1 unspecified atom stereocenters. The molecule has 0 aliphatic carbocycles. The van der Waals surface area contributed by atoms with Gasteiger partial charge in [0.2, 0.25) is 11.6 Å². The second-order valence-corrected chi connectivity index (χ2v) is 9.07. The number of fused-ring (bicyclic) bond motifs is 2. The lowest BCUT2D eigenvalue weighted by Crippen LogP contribution is -2.21. The molecule has 0 fully saturated rings. The zero-order valence-electron chi connectivity index (χ0n) is 21.2. The summed E-state index contributed by atoms with van der Waals surface area (Å²) < 4.78 is 22.1. The Balaban J connectivity index is 1.48. The van der Waals surface area contributed by atoms with Crippen LogP contribution in [0.15, 0.2) is 70.5 Å². The molecule has 1 aliphatic rings. The number of aryl methyl sites for hydroxylation is 3. The number of methoxy groups -OCH3 is 1. The average Bonchev–Trinajstić information content (AvgIpc) is 3.26. The van der Waals surface area contributed by atoms with Crippen LogP contribution < -0.4 is 15.2 Å². The number of hydrogen-bond donors (Lipinski definition) is 1. The van der Waals surface area contributed by atoms with Gasteiger partial charge in [-0.3, -0.25) is 0 Å². The molecule has 1 atom stereocenters. The summed E-state index contributed by atoms with van der Waals surface area (Å²) in [5.41, 5.74) is 11.5. The van der Waals surface area contributed by atoms with Crippen molar-refractivity contribution in [1.29, 1.82) is 5.26 Å². The Morgan fingerprint density at radius 3 is 2.39 bits per heavy atom. The summed E-state index contributed by atoms with van der Waals surface area (Å²) in [6, 6.07) is 17.7. The molecule has 8 heteroatoms. The molecule has 0 saturated carbocycles. The van der Waals surface area contributed by atoms with Gasteiger partial charge in [-0.2, -0.15) is 5.26 Å². The van der Waals surface area contributed by atoms with Crippen molar-refractivity contribution in [3.05, 3.63) is 105 Å². The first-order valence-corrected chi connectivity index (χ1v) is 11.8. The molecule has 1 aliphatic heterocycles. The molecular weight excluding hydrogens is 484 g/mol. The molecule has 190 valence electrons. The maximum atomic E-state index is 13.1. The Labute approximate surface area is 218 Å². The van der Waals surface area contributed by atoms with E-state index in [2.05, 4.69) is 6.07 Å². The lowest BCUT2D eigenvalue weighted by atomic mass is 9.83. The molecule has 1 aromatic heterocycles. The fraction of sp³-hybridized carbons (Fsp3) is 0.167. The third-order valence-corrected chi connectivity index (χ3v) is 6.88. The Bertz CT molecular complexity index is 1690. The molecule has 38 heavy (non-hydrogen) atoms.